The van der Waals surface area contributed by atoms with Crippen LogP contribution in [0.1, 0.15) is 36.3 Å². The smallest absolute Gasteiger partial charge is 0.162 e. The fourth-order valence-corrected chi connectivity index (χ4v) is 3.90. The number of furan rings is 1. The maximum absolute atomic E-state index is 5.98. The van der Waals surface area contributed by atoms with Crippen molar-refractivity contribution in [1.29, 1.82) is 0 Å². The van der Waals surface area contributed by atoms with Crippen LogP contribution in [0.25, 0.3) is 10.8 Å². The second-order valence-electron chi connectivity index (χ2n) is 6.03. The zero-order valence-corrected chi connectivity index (χ0v) is 13.5. The molecule has 5 heteroatoms. The highest BCUT2D eigenvalue weighted by Crippen LogP contribution is 2.29. The summed E-state index contributed by atoms with van der Waals surface area (Å²) in [6, 6.07) is 5.03. The van der Waals surface area contributed by atoms with Gasteiger partial charge in [-0.15, -0.1) is 11.3 Å². The Morgan fingerprint density at radius 2 is 2.10 bits per heavy atom. The van der Waals surface area contributed by atoms with E-state index in [4.69, 9.17) is 10.2 Å². The van der Waals surface area contributed by atoms with Crippen LogP contribution in [0.3, 0.4) is 0 Å². The first kappa shape index (κ1) is 14.8. The lowest BCUT2D eigenvalue weighted by atomic mass is 9.91. The minimum absolute atomic E-state index is 0.409. The number of aromatic nitrogens is 1. The van der Waals surface area contributed by atoms with Gasteiger partial charge in [0.05, 0.1) is 0 Å². The molecule has 4 nitrogen and oxygen atoms in total. The average Bonchev–Trinajstić information content (AvgIpc) is 3.08. The maximum Gasteiger partial charge on any atom is 0.162 e. The standard InChI is InChI=1S/C16H23N3OS/c1-11-3-8-15(20-11)16-18-9-14(21-16)10-19(2)13-6-4-12(17)5-7-13/h3,8-9,12-13H,4-7,10,17H2,1-2H3. The fourth-order valence-electron chi connectivity index (χ4n) is 2.96. The molecule has 0 spiro atoms. The highest BCUT2D eigenvalue weighted by atomic mass is 32.1. The summed E-state index contributed by atoms with van der Waals surface area (Å²) in [6.07, 6.45) is 6.69. The number of nitrogens with two attached hydrogens (primary N) is 1. The Hall–Kier alpha value is -1.17. The average molecular weight is 305 g/mol. The Kier molecular flexibility index (Phi) is 4.42. The van der Waals surface area contributed by atoms with E-state index in [1.807, 2.05) is 25.3 Å². The zero-order chi connectivity index (χ0) is 14.8. The molecular weight excluding hydrogens is 282 g/mol. The van der Waals surface area contributed by atoms with Gasteiger partial charge in [-0.1, -0.05) is 0 Å². The maximum atomic E-state index is 5.98. The van der Waals surface area contributed by atoms with Crippen molar-refractivity contribution in [3.8, 4) is 10.8 Å². The molecular formula is C16H23N3OS. The van der Waals surface area contributed by atoms with Crippen molar-refractivity contribution in [2.24, 2.45) is 5.73 Å². The molecule has 1 saturated carbocycles. The third kappa shape index (κ3) is 3.54. The summed E-state index contributed by atoms with van der Waals surface area (Å²) >= 11 is 1.72. The molecule has 0 bridgehead atoms. The van der Waals surface area contributed by atoms with Gasteiger partial charge in [-0.05, 0) is 51.8 Å². The van der Waals surface area contributed by atoms with E-state index in [0.717, 1.165) is 35.9 Å². The topological polar surface area (TPSA) is 55.3 Å². The highest BCUT2D eigenvalue weighted by molar-refractivity contribution is 7.14. The summed E-state index contributed by atoms with van der Waals surface area (Å²) in [6.45, 7) is 2.91. The molecule has 114 valence electrons. The van der Waals surface area contributed by atoms with Crippen LogP contribution in [0.5, 0.6) is 0 Å². The van der Waals surface area contributed by atoms with E-state index < -0.39 is 0 Å². The molecule has 1 aliphatic carbocycles. The molecule has 0 aromatic carbocycles. The van der Waals surface area contributed by atoms with E-state index in [9.17, 15) is 0 Å². The summed E-state index contributed by atoms with van der Waals surface area (Å²) < 4.78 is 5.64. The van der Waals surface area contributed by atoms with Gasteiger partial charge in [0.2, 0.25) is 0 Å². The number of hydrogen-bond donors (Lipinski definition) is 1. The molecule has 0 amide bonds. The van der Waals surface area contributed by atoms with Crippen LogP contribution in [0.4, 0.5) is 0 Å². The monoisotopic (exact) mass is 305 g/mol. The molecule has 2 N–H and O–H groups in total. The SMILES string of the molecule is Cc1ccc(-c2ncc(CN(C)C3CCC(N)CC3)s2)o1. The minimum Gasteiger partial charge on any atom is -0.459 e. The normalized spacial score (nSPS) is 22.9. The van der Waals surface area contributed by atoms with Gasteiger partial charge in [0, 0.05) is 29.7 Å². The van der Waals surface area contributed by atoms with Gasteiger partial charge >= 0.3 is 0 Å². The Balaban J connectivity index is 1.61. The first-order chi connectivity index (χ1) is 10.1. The van der Waals surface area contributed by atoms with Crippen molar-refractivity contribution in [3.63, 3.8) is 0 Å². The molecule has 21 heavy (non-hydrogen) atoms. The number of thiazole rings is 1. The van der Waals surface area contributed by atoms with E-state index in [-0.39, 0.29) is 0 Å². The van der Waals surface area contributed by atoms with Gasteiger partial charge in [0.1, 0.15) is 5.76 Å². The summed E-state index contributed by atoms with van der Waals surface area (Å²) in [4.78, 5) is 8.22. The third-order valence-electron chi connectivity index (χ3n) is 4.27. The van der Waals surface area contributed by atoms with Crippen molar-refractivity contribution in [1.82, 2.24) is 9.88 Å². The van der Waals surface area contributed by atoms with E-state index in [1.54, 1.807) is 11.3 Å². The zero-order valence-electron chi connectivity index (χ0n) is 12.7. The van der Waals surface area contributed by atoms with Gasteiger partial charge < -0.3 is 10.2 Å². The summed E-state index contributed by atoms with van der Waals surface area (Å²) in [7, 11) is 2.21. The van der Waals surface area contributed by atoms with Crippen LogP contribution >= 0.6 is 11.3 Å². The number of hydrogen-bond acceptors (Lipinski definition) is 5. The van der Waals surface area contributed by atoms with Crippen molar-refractivity contribution in [2.75, 3.05) is 7.05 Å². The van der Waals surface area contributed by atoms with Crippen LogP contribution in [0.15, 0.2) is 22.7 Å². The molecule has 1 fully saturated rings. The van der Waals surface area contributed by atoms with Crippen molar-refractivity contribution in [3.05, 3.63) is 29.0 Å². The highest BCUT2D eigenvalue weighted by Gasteiger charge is 2.22. The Labute approximate surface area is 130 Å². The molecule has 0 atom stereocenters. The molecule has 2 heterocycles. The van der Waals surface area contributed by atoms with Crippen LogP contribution in [-0.4, -0.2) is 29.0 Å². The van der Waals surface area contributed by atoms with E-state index >= 15 is 0 Å². The molecule has 0 saturated heterocycles. The molecule has 2 aromatic rings. The van der Waals surface area contributed by atoms with Crippen LogP contribution in [0, 0.1) is 6.92 Å². The Bertz CT molecular complexity index is 584. The Morgan fingerprint density at radius 1 is 1.33 bits per heavy atom. The second-order valence-corrected chi connectivity index (χ2v) is 7.14. The first-order valence-electron chi connectivity index (χ1n) is 7.59. The largest absolute Gasteiger partial charge is 0.459 e. The lowest BCUT2D eigenvalue weighted by Crippen LogP contribution is -2.38. The Morgan fingerprint density at radius 3 is 2.76 bits per heavy atom. The molecule has 0 unspecified atom stereocenters. The number of rotatable bonds is 4. The summed E-state index contributed by atoms with van der Waals surface area (Å²) in [5.41, 5.74) is 5.98. The lowest BCUT2D eigenvalue weighted by Gasteiger charge is -2.33. The van der Waals surface area contributed by atoms with Crippen LogP contribution in [0.2, 0.25) is 0 Å². The molecule has 2 aromatic heterocycles. The predicted octanol–water partition coefficient (Wildman–Crippen LogP) is 3.41. The van der Waals surface area contributed by atoms with E-state index in [2.05, 4.69) is 16.9 Å². The molecule has 0 radical (unpaired) electrons. The minimum atomic E-state index is 0.409. The van der Waals surface area contributed by atoms with Gasteiger partial charge in [-0.3, -0.25) is 4.90 Å². The van der Waals surface area contributed by atoms with Crippen molar-refractivity contribution >= 4 is 11.3 Å². The van der Waals surface area contributed by atoms with Crippen LogP contribution < -0.4 is 5.73 Å². The van der Waals surface area contributed by atoms with E-state index in [1.165, 1.54) is 17.7 Å². The second kappa shape index (κ2) is 6.30. The lowest BCUT2D eigenvalue weighted by molar-refractivity contribution is 0.177. The van der Waals surface area contributed by atoms with Gasteiger partial charge in [-0.2, -0.15) is 0 Å². The number of nitrogens with zero attached hydrogens (tertiary/aromatic N) is 2. The molecule has 3 rings (SSSR count). The van der Waals surface area contributed by atoms with E-state index in [0.29, 0.717) is 12.1 Å². The van der Waals surface area contributed by atoms with Crippen molar-refractivity contribution in [2.45, 2.75) is 51.2 Å². The third-order valence-corrected chi connectivity index (χ3v) is 5.27. The summed E-state index contributed by atoms with van der Waals surface area (Å²) in [5, 5.41) is 0.970. The van der Waals surface area contributed by atoms with Crippen molar-refractivity contribution < 1.29 is 4.42 Å². The molecule has 1 aliphatic rings. The number of aryl methyl sites for hydroxylation is 1. The van der Waals surface area contributed by atoms with Crippen LogP contribution in [-0.2, 0) is 6.54 Å². The van der Waals surface area contributed by atoms with Gasteiger partial charge in [0.25, 0.3) is 0 Å². The quantitative estimate of drug-likeness (QED) is 0.940. The van der Waals surface area contributed by atoms with Gasteiger partial charge in [-0.25, -0.2) is 4.98 Å². The fraction of sp³-hybridized carbons (Fsp3) is 0.562. The summed E-state index contributed by atoms with van der Waals surface area (Å²) in [5.74, 6) is 1.80. The van der Waals surface area contributed by atoms with Gasteiger partial charge in [0.15, 0.2) is 10.8 Å². The predicted molar refractivity (Wildman–Crippen MR) is 86.3 cm³/mol. The molecule has 0 aliphatic heterocycles. The first-order valence-corrected chi connectivity index (χ1v) is 8.41.